The molecule has 2 rings (SSSR count). The third kappa shape index (κ3) is 4.04. The summed E-state index contributed by atoms with van der Waals surface area (Å²) < 4.78 is 7.41. The number of carbonyl (C=O) groups excluding carboxylic acids is 1. The van der Waals surface area contributed by atoms with E-state index in [0.717, 1.165) is 23.4 Å². The van der Waals surface area contributed by atoms with Crippen LogP contribution in [0.15, 0.2) is 24.3 Å². The summed E-state index contributed by atoms with van der Waals surface area (Å²) in [4.78, 5) is 16.3. The minimum atomic E-state index is -0.449. The van der Waals surface area contributed by atoms with Crippen molar-refractivity contribution < 1.29 is 9.53 Å². The minimum absolute atomic E-state index is 0.185. The van der Waals surface area contributed by atoms with Gasteiger partial charge in [0.1, 0.15) is 11.4 Å². The molecule has 1 aromatic carbocycles. The van der Waals surface area contributed by atoms with E-state index in [9.17, 15) is 4.79 Å². The molecule has 0 saturated heterocycles. The van der Waals surface area contributed by atoms with Gasteiger partial charge in [-0.25, -0.2) is 4.98 Å². The molecular weight excluding hydrogens is 266 g/mol. The molecular formula is C16H23N3O2. The van der Waals surface area contributed by atoms with Crippen molar-refractivity contribution in [2.45, 2.75) is 46.4 Å². The zero-order valence-electron chi connectivity index (χ0n) is 13.1. The highest BCUT2D eigenvalue weighted by Gasteiger charge is 2.16. The standard InChI is InChI=1S/C16H23N3O2/c1-5-19-13-9-7-6-8-12(13)18-14(19)10-17-11-15(20)21-16(2,3)4/h6-9,17H,5,10-11H2,1-4H3. The summed E-state index contributed by atoms with van der Waals surface area (Å²) in [7, 11) is 0. The Kier molecular flexibility index (Phi) is 4.63. The fraction of sp³-hybridized carbons (Fsp3) is 0.500. The average molecular weight is 289 g/mol. The van der Waals surface area contributed by atoms with E-state index < -0.39 is 5.60 Å². The fourth-order valence-corrected chi connectivity index (χ4v) is 2.27. The smallest absolute Gasteiger partial charge is 0.320 e. The lowest BCUT2D eigenvalue weighted by atomic mass is 10.2. The minimum Gasteiger partial charge on any atom is -0.459 e. The number of hydrogen-bond acceptors (Lipinski definition) is 4. The third-order valence-electron chi connectivity index (χ3n) is 3.02. The molecule has 0 fully saturated rings. The van der Waals surface area contributed by atoms with Crippen LogP contribution in [0.5, 0.6) is 0 Å². The number of aryl methyl sites for hydroxylation is 1. The molecule has 114 valence electrons. The number of para-hydroxylation sites is 2. The van der Waals surface area contributed by atoms with Crippen molar-refractivity contribution in [1.29, 1.82) is 0 Å². The lowest BCUT2D eigenvalue weighted by molar-refractivity contribution is -0.153. The fourth-order valence-electron chi connectivity index (χ4n) is 2.27. The van der Waals surface area contributed by atoms with Crippen molar-refractivity contribution in [2.75, 3.05) is 6.54 Å². The van der Waals surface area contributed by atoms with Gasteiger partial charge >= 0.3 is 5.97 Å². The molecule has 0 radical (unpaired) electrons. The van der Waals surface area contributed by atoms with E-state index in [1.54, 1.807) is 0 Å². The van der Waals surface area contributed by atoms with Gasteiger partial charge in [0.25, 0.3) is 0 Å². The highest BCUT2D eigenvalue weighted by atomic mass is 16.6. The van der Waals surface area contributed by atoms with E-state index >= 15 is 0 Å². The predicted octanol–water partition coefficient (Wildman–Crippen LogP) is 2.49. The summed E-state index contributed by atoms with van der Waals surface area (Å²) in [6, 6.07) is 8.05. The van der Waals surface area contributed by atoms with Crippen LogP contribution in [0.2, 0.25) is 0 Å². The third-order valence-corrected chi connectivity index (χ3v) is 3.02. The van der Waals surface area contributed by atoms with Crippen molar-refractivity contribution in [2.24, 2.45) is 0 Å². The summed E-state index contributed by atoms with van der Waals surface area (Å²) in [5.41, 5.74) is 1.65. The molecule has 21 heavy (non-hydrogen) atoms. The number of nitrogens with one attached hydrogen (secondary N) is 1. The number of benzene rings is 1. The highest BCUT2D eigenvalue weighted by molar-refractivity contribution is 5.76. The zero-order valence-corrected chi connectivity index (χ0v) is 13.1. The molecule has 1 aromatic heterocycles. The summed E-state index contributed by atoms with van der Waals surface area (Å²) in [5.74, 6) is 0.684. The Morgan fingerprint density at radius 3 is 2.71 bits per heavy atom. The number of ether oxygens (including phenoxy) is 1. The van der Waals surface area contributed by atoms with Crippen molar-refractivity contribution >= 4 is 17.0 Å². The Balaban J connectivity index is 1.99. The Morgan fingerprint density at radius 1 is 1.33 bits per heavy atom. The van der Waals surface area contributed by atoms with Crippen LogP contribution in [0.1, 0.15) is 33.5 Å². The van der Waals surface area contributed by atoms with E-state index in [4.69, 9.17) is 4.74 Å². The monoisotopic (exact) mass is 289 g/mol. The largest absolute Gasteiger partial charge is 0.459 e. The molecule has 0 saturated carbocycles. The van der Waals surface area contributed by atoms with E-state index in [1.807, 2.05) is 39.0 Å². The first-order valence-corrected chi connectivity index (χ1v) is 7.27. The molecule has 0 aliphatic carbocycles. The van der Waals surface area contributed by atoms with Gasteiger partial charge in [-0.05, 0) is 39.8 Å². The number of aromatic nitrogens is 2. The second-order valence-corrected chi connectivity index (χ2v) is 5.95. The van der Waals surface area contributed by atoms with Gasteiger partial charge in [-0.15, -0.1) is 0 Å². The normalized spacial score (nSPS) is 11.8. The van der Waals surface area contributed by atoms with Gasteiger partial charge in [-0.2, -0.15) is 0 Å². The summed E-state index contributed by atoms with van der Waals surface area (Å²) in [5, 5.41) is 3.10. The second kappa shape index (κ2) is 6.26. The topological polar surface area (TPSA) is 56.2 Å². The first-order chi connectivity index (χ1) is 9.90. The van der Waals surface area contributed by atoms with Gasteiger partial charge in [-0.1, -0.05) is 12.1 Å². The Hall–Kier alpha value is -1.88. The zero-order chi connectivity index (χ0) is 15.5. The molecule has 1 N–H and O–H groups in total. The van der Waals surface area contributed by atoms with Crippen molar-refractivity contribution in [3.05, 3.63) is 30.1 Å². The number of hydrogen-bond donors (Lipinski definition) is 1. The van der Waals surface area contributed by atoms with Crippen molar-refractivity contribution in [3.8, 4) is 0 Å². The van der Waals surface area contributed by atoms with Crippen LogP contribution in [0, 0.1) is 0 Å². The number of carbonyl (C=O) groups is 1. The number of nitrogens with zero attached hydrogens (tertiary/aromatic N) is 2. The maximum atomic E-state index is 11.7. The quantitative estimate of drug-likeness (QED) is 0.859. The highest BCUT2D eigenvalue weighted by Crippen LogP contribution is 2.15. The van der Waals surface area contributed by atoms with Crippen LogP contribution in [0.4, 0.5) is 0 Å². The maximum Gasteiger partial charge on any atom is 0.320 e. The van der Waals surface area contributed by atoms with E-state index in [2.05, 4.69) is 27.9 Å². The first-order valence-electron chi connectivity index (χ1n) is 7.27. The van der Waals surface area contributed by atoms with E-state index in [-0.39, 0.29) is 12.5 Å². The van der Waals surface area contributed by atoms with Crippen LogP contribution in [0.25, 0.3) is 11.0 Å². The second-order valence-electron chi connectivity index (χ2n) is 5.95. The van der Waals surface area contributed by atoms with Crippen LogP contribution in [0.3, 0.4) is 0 Å². The van der Waals surface area contributed by atoms with Crippen LogP contribution >= 0.6 is 0 Å². The summed E-state index contributed by atoms with van der Waals surface area (Å²) in [6.07, 6.45) is 0. The van der Waals surface area contributed by atoms with Gasteiger partial charge < -0.3 is 9.30 Å². The molecule has 0 atom stereocenters. The first kappa shape index (κ1) is 15.5. The number of rotatable bonds is 5. The van der Waals surface area contributed by atoms with Crippen molar-refractivity contribution in [3.63, 3.8) is 0 Å². The molecule has 0 spiro atoms. The van der Waals surface area contributed by atoms with Crippen LogP contribution in [-0.2, 0) is 22.6 Å². The predicted molar refractivity (Wildman–Crippen MR) is 83.0 cm³/mol. The Morgan fingerprint density at radius 2 is 2.05 bits per heavy atom. The van der Waals surface area contributed by atoms with Crippen molar-refractivity contribution in [1.82, 2.24) is 14.9 Å². The van der Waals surface area contributed by atoms with E-state index in [0.29, 0.717) is 6.54 Å². The van der Waals surface area contributed by atoms with Gasteiger partial charge in [0.05, 0.1) is 24.1 Å². The maximum absolute atomic E-state index is 11.7. The lowest BCUT2D eigenvalue weighted by Gasteiger charge is -2.19. The van der Waals surface area contributed by atoms with Gasteiger partial charge in [0.2, 0.25) is 0 Å². The molecule has 0 aliphatic heterocycles. The molecule has 5 nitrogen and oxygen atoms in total. The number of esters is 1. The number of fused-ring (bicyclic) bond motifs is 1. The molecule has 1 heterocycles. The Bertz CT molecular complexity index is 626. The summed E-state index contributed by atoms with van der Waals surface area (Å²) in [6.45, 7) is 9.26. The molecule has 0 bridgehead atoms. The number of imidazole rings is 1. The van der Waals surface area contributed by atoms with E-state index in [1.165, 1.54) is 0 Å². The van der Waals surface area contributed by atoms with Gasteiger partial charge in [-0.3, -0.25) is 10.1 Å². The van der Waals surface area contributed by atoms with Gasteiger partial charge in [0.15, 0.2) is 0 Å². The average Bonchev–Trinajstić information content (AvgIpc) is 2.74. The summed E-state index contributed by atoms with van der Waals surface area (Å²) >= 11 is 0. The SMILES string of the molecule is CCn1c(CNCC(=O)OC(C)(C)C)nc2ccccc21. The lowest BCUT2D eigenvalue weighted by Crippen LogP contribution is -2.31. The molecule has 0 unspecified atom stereocenters. The Labute approximate surface area is 125 Å². The van der Waals surface area contributed by atoms with Crippen LogP contribution < -0.4 is 5.32 Å². The molecule has 0 aliphatic rings. The molecule has 2 aromatic rings. The molecule has 5 heteroatoms. The molecule has 0 amide bonds. The van der Waals surface area contributed by atoms with Crippen LogP contribution in [-0.4, -0.2) is 27.7 Å². The van der Waals surface area contributed by atoms with Gasteiger partial charge in [0, 0.05) is 6.54 Å².